The van der Waals surface area contributed by atoms with Gasteiger partial charge < -0.3 is 10.4 Å². The number of nitrogens with one attached hydrogen (secondary N) is 1. The molecule has 2 atom stereocenters. The van der Waals surface area contributed by atoms with E-state index in [2.05, 4.69) is 5.32 Å². The molecule has 0 bridgehead atoms. The van der Waals surface area contributed by atoms with Crippen LogP contribution in [0, 0.1) is 0 Å². The highest BCUT2D eigenvalue weighted by molar-refractivity contribution is 4.83. The Kier molecular flexibility index (Phi) is 4.33. The van der Waals surface area contributed by atoms with Gasteiger partial charge in [-0.1, -0.05) is 12.8 Å². The van der Waals surface area contributed by atoms with Gasteiger partial charge in [-0.2, -0.15) is 8.78 Å². The van der Waals surface area contributed by atoms with Gasteiger partial charge >= 0.3 is 12.3 Å². The second-order valence-corrected chi connectivity index (χ2v) is 3.90. The maximum absolute atomic E-state index is 12.5. The highest BCUT2D eigenvalue weighted by Gasteiger charge is 2.41. The molecule has 1 fully saturated rings. The monoisotopic (exact) mass is 229 g/mol. The number of aliphatic hydroxyl groups is 1. The van der Waals surface area contributed by atoms with Crippen molar-refractivity contribution >= 4 is 0 Å². The SMILES string of the molecule is OC1CCCCC1NCC(F)(F)C(F)F. The highest BCUT2D eigenvalue weighted by atomic mass is 19.3. The lowest BCUT2D eigenvalue weighted by molar-refractivity contribution is -0.128. The lowest BCUT2D eigenvalue weighted by Crippen LogP contribution is -2.48. The van der Waals surface area contributed by atoms with E-state index in [1.165, 1.54) is 0 Å². The molecule has 0 aliphatic heterocycles. The van der Waals surface area contributed by atoms with Crippen LogP contribution in [0.15, 0.2) is 0 Å². The van der Waals surface area contributed by atoms with E-state index in [-0.39, 0.29) is 0 Å². The Morgan fingerprint density at radius 2 is 1.87 bits per heavy atom. The van der Waals surface area contributed by atoms with Crippen LogP contribution in [0.25, 0.3) is 0 Å². The molecular formula is C9H15F4NO. The Hall–Kier alpha value is -0.360. The molecule has 0 spiro atoms. The molecule has 2 unspecified atom stereocenters. The lowest BCUT2D eigenvalue weighted by atomic mass is 9.92. The van der Waals surface area contributed by atoms with Gasteiger partial charge in [0.15, 0.2) is 0 Å². The Labute approximate surface area is 85.7 Å². The molecule has 1 aliphatic carbocycles. The molecule has 90 valence electrons. The number of hydrogen-bond donors (Lipinski definition) is 2. The molecule has 1 rings (SSSR count). The molecule has 0 aromatic rings. The quantitative estimate of drug-likeness (QED) is 0.720. The van der Waals surface area contributed by atoms with Crippen molar-refractivity contribution in [2.24, 2.45) is 0 Å². The van der Waals surface area contributed by atoms with Crippen molar-refractivity contribution in [3.05, 3.63) is 0 Å². The number of alkyl halides is 4. The number of aliphatic hydroxyl groups excluding tert-OH is 1. The molecule has 15 heavy (non-hydrogen) atoms. The van der Waals surface area contributed by atoms with Gasteiger partial charge in [0.05, 0.1) is 12.6 Å². The summed E-state index contributed by atoms with van der Waals surface area (Å²) in [5.41, 5.74) is 0. The van der Waals surface area contributed by atoms with Crippen LogP contribution in [0.3, 0.4) is 0 Å². The second-order valence-electron chi connectivity index (χ2n) is 3.90. The minimum atomic E-state index is -4.02. The van der Waals surface area contributed by atoms with E-state index in [0.29, 0.717) is 12.8 Å². The third-order valence-corrected chi connectivity index (χ3v) is 2.65. The van der Waals surface area contributed by atoms with Crippen LogP contribution in [0.5, 0.6) is 0 Å². The molecule has 1 aliphatic rings. The summed E-state index contributed by atoms with van der Waals surface area (Å²) in [5.74, 6) is -4.02. The molecule has 6 heteroatoms. The normalized spacial score (nSPS) is 28.4. The van der Waals surface area contributed by atoms with Crippen molar-refractivity contribution < 1.29 is 22.7 Å². The first-order chi connectivity index (χ1) is 6.93. The van der Waals surface area contributed by atoms with Crippen LogP contribution in [-0.2, 0) is 0 Å². The predicted octanol–water partition coefficient (Wildman–Crippen LogP) is 1.78. The summed E-state index contributed by atoms with van der Waals surface area (Å²) in [4.78, 5) is 0. The van der Waals surface area contributed by atoms with E-state index < -0.39 is 31.0 Å². The zero-order valence-corrected chi connectivity index (χ0v) is 8.23. The lowest BCUT2D eigenvalue weighted by Gasteiger charge is -2.29. The minimum Gasteiger partial charge on any atom is -0.392 e. The number of halogens is 4. The summed E-state index contributed by atoms with van der Waals surface area (Å²) in [5, 5.41) is 11.7. The smallest absolute Gasteiger partial charge is 0.319 e. The summed E-state index contributed by atoms with van der Waals surface area (Å²) in [6.07, 6.45) is -1.59. The van der Waals surface area contributed by atoms with Gasteiger partial charge in [-0.25, -0.2) is 8.78 Å². The molecule has 0 heterocycles. The maximum Gasteiger partial charge on any atom is 0.319 e. The van der Waals surface area contributed by atoms with Gasteiger partial charge in [-0.05, 0) is 12.8 Å². The molecule has 1 saturated carbocycles. The van der Waals surface area contributed by atoms with Crippen molar-refractivity contribution in [2.75, 3.05) is 6.54 Å². The average molecular weight is 229 g/mol. The molecule has 0 aromatic carbocycles. The van der Waals surface area contributed by atoms with E-state index in [1.54, 1.807) is 0 Å². The fourth-order valence-electron chi connectivity index (χ4n) is 1.69. The van der Waals surface area contributed by atoms with Crippen LogP contribution >= 0.6 is 0 Å². The Balaban J connectivity index is 2.35. The molecule has 2 nitrogen and oxygen atoms in total. The summed E-state index contributed by atoms with van der Waals surface area (Å²) >= 11 is 0. The molecule has 0 aromatic heterocycles. The molecule has 2 N–H and O–H groups in total. The standard InChI is InChI=1S/C9H15F4NO/c10-8(11)9(12,13)5-14-6-3-1-2-4-7(6)15/h6-8,14-15H,1-5H2. The zero-order chi connectivity index (χ0) is 11.5. The molecule has 0 radical (unpaired) electrons. The molecular weight excluding hydrogens is 214 g/mol. The summed E-state index contributed by atoms with van der Waals surface area (Å²) in [7, 11) is 0. The van der Waals surface area contributed by atoms with Gasteiger partial charge in [0.25, 0.3) is 0 Å². The van der Waals surface area contributed by atoms with Crippen molar-refractivity contribution in [1.29, 1.82) is 0 Å². The highest BCUT2D eigenvalue weighted by Crippen LogP contribution is 2.23. The summed E-state index contributed by atoms with van der Waals surface area (Å²) in [6, 6.07) is -0.483. The van der Waals surface area contributed by atoms with Crippen LogP contribution in [0.1, 0.15) is 25.7 Å². The van der Waals surface area contributed by atoms with E-state index in [1.807, 2.05) is 0 Å². The van der Waals surface area contributed by atoms with Gasteiger partial charge in [0, 0.05) is 6.04 Å². The zero-order valence-electron chi connectivity index (χ0n) is 8.23. The van der Waals surface area contributed by atoms with Gasteiger partial charge in [0.2, 0.25) is 0 Å². The second kappa shape index (κ2) is 5.12. The third-order valence-electron chi connectivity index (χ3n) is 2.65. The van der Waals surface area contributed by atoms with Crippen molar-refractivity contribution in [3.63, 3.8) is 0 Å². The number of rotatable bonds is 4. The van der Waals surface area contributed by atoms with Gasteiger partial charge in [0.1, 0.15) is 0 Å². The van der Waals surface area contributed by atoms with Crippen LogP contribution in [0.2, 0.25) is 0 Å². The fourth-order valence-corrected chi connectivity index (χ4v) is 1.69. The first-order valence-corrected chi connectivity index (χ1v) is 5.01. The Morgan fingerprint density at radius 1 is 1.27 bits per heavy atom. The average Bonchev–Trinajstić information content (AvgIpc) is 2.16. The number of hydrogen-bond acceptors (Lipinski definition) is 2. The van der Waals surface area contributed by atoms with Crippen LogP contribution < -0.4 is 5.32 Å². The largest absolute Gasteiger partial charge is 0.392 e. The maximum atomic E-state index is 12.5. The minimum absolute atomic E-state index is 0.483. The fraction of sp³-hybridized carbons (Fsp3) is 1.00. The third kappa shape index (κ3) is 3.61. The summed E-state index contributed by atoms with van der Waals surface area (Å²) < 4.78 is 48.7. The molecule has 0 saturated heterocycles. The van der Waals surface area contributed by atoms with Crippen molar-refractivity contribution in [3.8, 4) is 0 Å². The van der Waals surface area contributed by atoms with E-state index >= 15 is 0 Å². The topological polar surface area (TPSA) is 32.3 Å². The first-order valence-electron chi connectivity index (χ1n) is 5.01. The Bertz CT molecular complexity index is 201. The van der Waals surface area contributed by atoms with Crippen LogP contribution in [0.4, 0.5) is 17.6 Å². The summed E-state index contributed by atoms with van der Waals surface area (Å²) in [6.45, 7) is -1.08. The molecule has 0 amide bonds. The van der Waals surface area contributed by atoms with E-state index in [9.17, 15) is 22.7 Å². The van der Waals surface area contributed by atoms with Crippen LogP contribution in [-0.4, -0.2) is 36.1 Å². The van der Waals surface area contributed by atoms with Crippen molar-refractivity contribution in [1.82, 2.24) is 5.32 Å². The van der Waals surface area contributed by atoms with E-state index in [0.717, 1.165) is 12.8 Å². The van der Waals surface area contributed by atoms with Gasteiger partial charge in [-0.15, -0.1) is 0 Å². The van der Waals surface area contributed by atoms with Gasteiger partial charge in [-0.3, -0.25) is 0 Å². The Morgan fingerprint density at radius 3 is 2.40 bits per heavy atom. The van der Waals surface area contributed by atoms with E-state index in [4.69, 9.17) is 0 Å². The predicted molar refractivity (Wildman–Crippen MR) is 47.2 cm³/mol. The first kappa shape index (κ1) is 12.7. The van der Waals surface area contributed by atoms with Crippen molar-refractivity contribution in [2.45, 2.75) is 50.2 Å².